The van der Waals surface area contributed by atoms with Crippen molar-refractivity contribution in [1.29, 1.82) is 0 Å². The van der Waals surface area contributed by atoms with Crippen molar-refractivity contribution in [3.8, 4) is 11.5 Å². The summed E-state index contributed by atoms with van der Waals surface area (Å²) in [5, 5.41) is 2.26. The van der Waals surface area contributed by atoms with Crippen molar-refractivity contribution in [2.45, 2.75) is 33.8 Å². The molecule has 1 heterocycles. The minimum absolute atomic E-state index is 0.179. The highest BCUT2D eigenvalue weighted by atomic mass is 19.1. The zero-order valence-electron chi connectivity index (χ0n) is 22.0. The molecule has 0 spiro atoms. The van der Waals surface area contributed by atoms with Gasteiger partial charge in [-0.25, -0.2) is 14.1 Å². The Bertz CT molecular complexity index is 1480. The third-order valence-electron chi connectivity index (χ3n) is 6.28. The lowest BCUT2D eigenvalue weighted by atomic mass is 10.0. The maximum atomic E-state index is 13.4. The van der Waals surface area contributed by atoms with E-state index in [1.54, 1.807) is 42.5 Å². The highest BCUT2D eigenvalue weighted by Gasteiger charge is 2.37. The van der Waals surface area contributed by atoms with Crippen LogP contribution in [0.5, 0.6) is 11.5 Å². The van der Waals surface area contributed by atoms with Crippen molar-refractivity contribution >= 4 is 29.6 Å². The second-order valence-corrected chi connectivity index (χ2v) is 9.07. The molecule has 4 rings (SSSR count). The van der Waals surface area contributed by atoms with Crippen LogP contribution in [0.4, 0.5) is 14.9 Å². The lowest BCUT2D eigenvalue weighted by Crippen LogP contribution is -2.54. The fourth-order valence-corrected chi connectivity index (χ4v) is 4.16. The molecule has 0 aromatic heterocycles. The number of allylic oxidation sites excluding steroid dienone is 1. The van der Waals surface area contributed by atoms with Crippen LogP contribution in [-0.2, 0) is 22.6 Å². The number of halogens is 1. The summed E-state index contributed by atoms with van der Waals surface area (Å²) in [7, 11) is 0. The quantitative estimate of drug-likeness (QED) is 0.215. The fraction of sp³-hybridized carbons (Fsp3) is 0.194. The maximum absolute atomic E-state index is 13.4. The molecule has 1 aliphatic rings. The Balaban J connectivity index is 1.72. The molecular formula is C31H29FN2O5. The van der Waals surface area contributed by atoms with Gasteiger partial charge in [-0.05, 0) is 91.9 Å². The van der Waals surface area contributed by atoms with Gasteiger partial charge in [-0.15, -0.1) is 6.58 Å². The first-order valence-electron chi connectivity index (χ1n) is 12.5. The molecule has 0 radical (unpaired) electrons. The fourth-order valence-electron chi connectivity index (χ4n) is 4.16. The predicted molar refractivity (Wildman–Crippen MR) is 147 cm³/mol. The van der Waals surface area contributed by atoms with Crippen molar-refractivity contribution < 1.29 is 28.2 Å². The number of barbiturate groups is 1. The molecule has 1 fully saturated rings. The van der Waals surface area contributed by atoms with Crippen molar-refractivity contribution in [1.82, 2.24) is 5.32 Å². The van der Waals surface area contributed by atoms with Crippen LogP contribution in [0.25, 0.3) is 6.08 Å². The Morgan fingerprint density at radius 1 is 0.974 bits per heavy atom. The monoisotopic (exact) mass is 528 g/mol. The van der Waals surface area contributed by atoms with Gasteiger partial charge in [-0.3, -0.25) is 14.9 Å². The summed E-state index contributed by atoms with van der Waals surface area (Å²) in [6.07, 6.45) is 3.55. The molecule has 4 amide bonds. The van der Waals surface area contributed by atoms with Crippen LogP contribution >= 0.6 is 0 Å². The van der Waals surface area contributed by atoms with Crippen LogP contribution in [0, 0.1) is 19.7 Å². The molecule has 0 unspecified atom stereocenters. The molecule has 39 heavy (non-hydrogen) atoms. The molecule has 0 atom stereocenters. The SMILES string of the molecule is C=CCc1cc(/C=C2\C(=O)NC(=O)N(c3ccc(C)c(C)c3)C2=O)cc(OCC)c1OCc1ccc(F)cc1. The molecule has 0 bridgehead atoms. The van der Waals surface area contributed by atoms with Crippen LogP contribution in [-0.4, -0.2) is 24.5 Å². The van der Waals surface area contributed by atoms with Gasteiger partial charge in [0.1, 0.15) is 18.0 Å². The number of nitrogens with one attached hydrogen (secondary N) is 1. The third-order valence-corrected chi connectivity index (χ3v) is 6.28. The lowest BCUT2D eigenvalue weighted by Gasteiger charge is -2.27. The summed E-state index contributed by atoms with van der Waals surface area (Å²) in [6, 6.07) is 13.8. The maximum Gasteiger partial charge on any atom is 0.335 e. The summed E-state index contributed by atoms with van der Waals surface area (Å²) in [6.45, 7) is 9.97. The standard InChI is InChI=1S/C31H29FN2O5/c1-5-7-23-15-22(17-27(38-6-2)28(23)39-18-21-9-11-24(32)12-10-21)16-26-29(35)33-31(37)34(30(26)36)25-13-8-19(3)20(4)14-25/h5,8-17H,1,6-7,18H2,2-4H3,(H,33,35,37)/b26-16+. The molecular weight excluding hydrogens is 499 g/mol. The number of urea groups is 1. The number of hydrogen-bond acceptors (Lipinski definition) is 5. The minimum atomic E-state index is -0.808. The summed E-state index contributed by atoms with van der Waals surface area (Å²) in [5.41, 5.74) is 4.09. The van der Waals surface area contributed by atoms with Crippen molar-refractivity contribution in [3.63, 3.8) is 0 Å². The van der Waals surface area contributed by atoms with Gasteiger partial charge in [-0.2, -0.15) is 0 Å². The number of aryl methyl sites for hydroxylation is 2. The molecule has 1 saturated heterocycles. The Morgan fingerprint density at radius 2 is 1.72 bits per heavy atom. The molecule has 3 aromatic carbocycles. The predicted octanol–water partition coefficient (Wildman–Crippen LogP) is 5.82. The van der Waals surface area contributed by atoms with Gasteiger partial charge in [0.25, 0.3) is 11.8 Å². The molecule has 1 aliphatic heterocycles. The van der Waals surface area contributed by atoms with Gasteiger partial charge in [-0.1, -0.05) is 24.3 Å². The first-order chi connectivity index (χ1) is 18.7. The minimum Gasteiger partial charge on any atom is -0.490 e. The zero-order valence-corrected chi connectivity index (χ0v) is 22.0. The topological polar surface area (TPSA) is 84.9 Å². The number of imide groups is 2. The van der Waals surface area contributed by atoms with Gasteiger partial charge in [0.15, 0.2) is 11.5 Å². The van der Waals surface area contributed by atoms with Crippen LogP contribution in [0.2, 0.25) is 0 Å². The van der Waals surface area contributed by atoms with E-state index in [-0.39, 0.29) is 18.0 Å². The molecule has 200 valence electrons. The largest absolute Gasteiger partial charge is 0.490 e. The zero-order chi connectivity index (χ0) is 28.1. The van der Waals surface area contributed by atoms with Crippen LogP contribution in [0.15, 0.2) is 72.8 Å². The smallest absolute Gasteiger partial charge is 0.335 e. The Kier molecular flexibility index (Phi) is 8.24. The molecule has 3 aromatic rings. The average Bonchev–Trinajstić information content (AvgIpc) is 2.89. The lowest BCUT2D eigenvalue weighted by molar-refractivity contribution is -0.122. The average molecular weight is 529 g/mol. The molecule has 1 N–H and O–H groups in total. The van der Waals surface area contributed by atoms with E-state index in [0.29, 0.717) is 35.8 Å². The van der Waals surface area contributed by atoms with E-state index in [1.165, 1.54) is 18.2 Å². The number of ether oxygens (including phenoxy) is 2. The van der Waals surface area contributed by atoms with Crippen LogP contribution in [0.1, 0.15) is 34.7 Å². The second kappa shape index (κ2) is 11.8. The number of rotatable bonds is 9. The highest BCUT2D eigenvalue weighted by Crippen LogP contribution is 2.36. The number of hydrogen-bond donors (Lipinski definition) is 1. The number of carbonyl (C=O) groups excluding carboxylic acids is 3. The van der Waals surface area contributed by atoms with E-state index in [9.17, 15) is 18.8 Å². The van der Waals surface area contributed by atoms with Crippen molar-refractivity contribution in [2.24, 2.45) is 0 Å². The van der Waals surface area contributed by atoms with E-state index >= 15 is 0 Å². The Hall–Kier alpha value is -4.72. The van der Waals surface area contributed by atoms with Gasteiger partial charge in [0.05, 0.1) is 12.3 Å². The second-order valence-electron chi connectivity index (χ2n) is 9.07. The molecule has 0 aliphatic carbocycles. The summed E-state index contributed by atoms with van der Waals surface area (Å²) in [4.78, 5) is 39.7. The highest BCUT2D eigenvalue weighted by molar-refractivity contribution is 6.39. The first-order valence-corrected chi connectivity index (χ1v) is 12.5. The molecule has 7 nitrogen and oxygen atoms in total. The molecule has 0 saturated carbocycles. The van der Waals surface area contributed by atoms with E-state index in [4.69, 9.17) is 9.47 Å². The van der Waals surface area contributed by atoms with E-state index in [0.717, 1.165) is 27.2 Å². The Morgan fingerprint density at radius 3 is 2.38 bits per heavy atom. The normalized spacial score (nSPS) is 14.4. The van der Waals surface area contributed by atoms with E-state index in [1.807, 2.05) is 26.8 Å². The van der Waals surface area contributed by atoms with Crippen LogP contribution < -0.4 is 19.7 Å². The summed E-state index contributed by atoms with van der Waals surface area (Å²) in [5.74, 6) is -0.958. The van der Waals surface area contributed by atoms with Gasteiger partial charge >= 0.3 is 6.03 Å². The first kappa shape index (κ1) is 27.3. The van der Waals surface area contributed by atoms with Crippen LogP contribution in [0.3, 0.4) is 0 Å². The molecule has 8 heteroatoms. The third kappa shape index (κ3) is 6.06. The van der Waals surface area contributed by atoms with Crippen molar-refractivity contribution in [3.05, 3.63) is 106 Å². The van der Waals surface area contributed by atoms with Gasteiger partial charge < -0.3 is 9.47 Å². The number of nitrogens with zero attached hydrogens (tertiary/aromatic N) is 1. The number of benzene rings is 3. The Labute approximate surface area is 226 Å². The summed E-state index contributed by atoms with van der Waals surface area (Å²) >= 11 is 0. The van der Waals surface area contributed by atoms with E-state index < -0.39 is 17.8 Å². The van der Waals surface area contributed by atoms with Gasteiger partial charge in [0, 0.05) is 5.56 Å². The number of carbonyl (C=O) groups is 3. The van der Waals surface area contributed by atoms with E-state index in [2.05, 4.69) is 11.9 Å². The summed E-state index contributed by atoms with van der Waals surface area (Å²) < 4.78 is 25.2. The van der Waals surface area contributed by atoms with Crippen molar-refractivity contribution in [2.75, 3.05) is 11.5 Å². The number of amides is 4. The number of anilines is 1. The van der Waals surface area contributed by atoms with Gasteiger partial charge in [0.2, 0.25) is 0 Å².